The van der Waals surface area contributed by atoms with Crippen LogP contribution in [0.15, 0.2) is 68.4 Å². The lowest BCUT2D eigenvalue weighted by atomic mass is 9.98. The molecular formula is C22H12Cl3NO4. The molecular weight excluding hydrogens is 449 g/mol. The van der Waals surface area contributed by atoms with Crippen molar-refractivity contribution in [2.24, 2.45) is 0 Å². The normalized spacial score (nSPS) is 15.8. The fraction of sp³-hybridized carbons (Fsp3) is 0.0909. The van der Waals surface area contributed by atoms with E-state index in [0.717, 1.165) is 0 Å². The van der Waals surface area contributed by atoms with E-state index in [1.807, 2.05) is 0 Å². The van der Waals surface area contributed by atoms with E-state index in [0.29, 0.717) is 37.4 Å². The standard InChI is InChI=1S/C22H12Cl3NO4/c23-12-4-6-17-14(9-12)20(27)18-19(11-3-5-15(24)16(25)8-11)26(22(28)21(18)30-17)10-13-2-1-7-29-13/h1-9,19H,10H2/t19-/m1/s1. The predicted octanol–water partition coefficient (Wildman–Crippen LogP) is 6.09. The molecule has 0 bridgehead atoms. The topological polar surface area (TPSA) is 63.7 Å². The van der Waals surface area contributed by atoms with Gasteiger partial charge in [0.15, 0.2) is 5.43 Å². The van der Waals surface area contributed by atoms with Crippen molar-refractivity contribution >= 4 is 51.7 Å². The van der Waals surface area contributed by atoms with Gasteiger partial charge < -0.3 is 13.7 Å². The quantitative estimate of drug-likeness (QED) is 0.371. The number of carbonyl (C=O) groups excluding carboxylic acids is 1. The van der Waals surface area contributed by atoms with Crippen molar-refractivity contribution in [2.75, 3.05) is 0 Å². The lowest BCUT2D eigenvalue weighted by molar-refractivity contribution is 0.0701. The summed E-state index contributed by atoms with van der Waals surface area (Å²) in [6.07, 6.45) is 1.52. The first kappa shape index (κ1) is 19.2. The molecule has 30 heavy (non-hydrogen) atoms. The van der Waals surface area contributed by atoms with Crippen LogP contribution in [0.2, 0.25) is 15.1 Å². The highest BCUT2D eigenvalue weighted by molar-refractivity contribution is 6.42. The fourth-order valence-electron chi connectivity index (χ4n) is 3.76. The van der Waals surface area contributed by atoms with Crippen molar-refractivity contribution in [3.05, 3.63) is 103 Å². The number of nitrogens with zero attached hydrogens (tertiary/aromatic N) is 1. The molecule has 0 spiro atoms. The van der Waals surface area contributed by atoms with E-state index in [-0.39, 0.29) is 23.3 Å². The fourth-order valence-corrected chi connectivity index (χ4v) is 4.23. The van der Waals surface area contributed by atoms with E-state index in [2.05, 4.69) is 0 Å². The van der Waals surface area contributed by atoms with Crippen molar-refractivity contribution in [1.29, 1.82) is 0 Å². The van der Waals surface area contributed by atoms with Crippen LogP contribution < -0.4 is 5.43 Å². The molecule has 0 saturated carbocycles. The van der Waals surface area contributed by atoms with Gasteiger partial charge >= 0.3 is 0 Å². The molecule has 1 aliphatic rings. The summed E-state index contributed by atoms with van der Waals surface area (Å²) in [5, 5.41) is 1.40. The minimum absolute atomic E-state index is 0.00236. The third kappa shape index (κ3) is 3.01. The van der Waals surface area contributed by atoms with Crippen LogP contribution in [0.25, 0.3) is 11.0 Å². The summed E-state index contributed by atoms with van der Waals surface area (Å²) < 4.78 is 11.3. The van der Waals surface area contributed by atoms with Crippen LogP contribution in [0.5, 0.6) is 0 Å². The largest absolute Gasteiger partial charge is 0.467 e. The number of fused-ring (bicyclic) bond motifs is 2. The summed E-state index contributed by atoms with van der Waals surface area (Å²) in [5.41, 5.74) is 0.848. The lowest BCUT2D eigenvalue weighted by Crippen LogP contribution is -2.29. The monoisotopic (exact) mass is 459 g/mol. The van der Waals surface area contributed by atoms with Gasteiger partial charge in [-0.1, -0.05) is 40.9 Å². The summed E-state index contributed by atoms with van der Waals surface area (Å²) in [6, 6.07) is 12.5. The average molecular weight is 461 g/mol. The second-order valence-electron chi connectivity index (χ2n) is 6.90. The Labute approximate surface area is 185 Å². The van der Waals surface area contributed by atoms with Gasteiger partial charge in [-0.15, -0.1) is 0 Å². The Balaban J connectivity index is 1.77. The lowest BCUT2D eigenvalue weighted by Gasteiger charge is -2.24. The van der Waals surface area contributed by atoms with Gasteiger partial charge in [0, 0.05) is 5.02 Å². The van der Waals surface area contributed by atoms with Crippen LogP contribution in [0.4, 0.5) is 0 Å². The minimum Gasteiger partial charge on any atom is -0.467 e. The van der Waals surface area contributed by atoms with Gasteiger partial charge in [0.2, 0.25) is 5.76 Å². The molecule has 0 unspecified atom stereocenters. The van der Waals surface area contributed by atoms with E-state index in [1.54, 1.807) is 42.5 Å². The molecule has 0 aliphatic carbocycles. The molecule has 2 aromatic carbocycles. The molecule has 1 amide bonds. The van der Waals surface area contributed by atoms with E-state index >= 15 is 0 Å². The zero-order valence-corrected chi connectivity index (χ0v) is 17.5. The number of carbonyl (C=O) groups is 1. The van der Waals surface area contributed by atoms with E-state index in [9.17, 15) is 9.59 Å². The average Bonchev–Trinajstić information content (AvgIpc) is 3.33. The van der Waals surface area contributed by atoms with Gasteiger partial charge in [-0.25, -0.2) is 0 Å². The summed E-state index contributed by atoms with van der Waals surface area (Å²) >= 11 is 18.4. The van der Waals surface area contributed by atoms with Crippen LogP contribution in [0, 0.1) is 0 Å². The van der Waals surface area contributed by atoms with Crippen LogP contribution in [0.3, 0.4) is 0 Å². The highest BCUT2D eigenvalue weighted by Crippen LogP contribution is 2.40. The zero-order chi connectivity index (χ0) is 21.0. The van der Waals surface area contributed by atoms with Gasteiger partial charge in [0.05, 0.1) is 39.8 Å². The van der Waals surface area contributed by atoms with Crippen molar-refractivity contribution in [2.45, 2.75) is 12.6 Å². The van der Waals surface area contributed by atoms with Crippen molar-refractivity contribution in [1.82, 2.24) is 4.90 Å². The van der Waals surface area contributed by atoms with Gasteiger partial charge in [-0.3, -0.25) is 9.59 Å². The molecule has 5 nitrogen and oxygen atoms in total. The number of halogens is 3. The highest BCUT2D eigenvalue weighted by atomic mass is 35.5. The van der Waals surface area contributed by atoms with Crippen LogP contribution in [-0.2, 0) is 6.54 Å². The SMILES string of the molecule is O=C1c2oc3ccc(Cl)cc3c(=O)c2[C@@H](c2ccc(Cl)c(Cl)c2)N1Cc1ccco1. The smallest absolute Gasteiger partial charge is 0.291 e. The van der Waals surface area contributed by atoms with Gasteiger partial charge in [-0.05, 0) is 48.0 Å². The van der Waals surface area contributed by atoms with E-state index < -0.39 is 11.9 Å². The van der Waals surface area contributed by atoms with Crippen molar-refractivity contribution in [3.8, 4) is 0 Å². The summed E-state index contributed by atoms with van der Waals surface area (Å²) in [7, 11) is 0. The number of hydrogen-bond donors (Lipinski definition) is 0. The van der Waals surface area contributed by atoms with Crippen molar-refractivity contribution in [3.63, 3.8) is 0 Å². The molecule has 5 rings (SSSR count). The summed E-state index contributed by atoms with van der Waals surface area (Å²) in [5.74, 6) is 0.158. The molecule has 150 valence electrons. The summed E-state index contributed by atoms with van der Waals surface area (Å²) in [4.78, 5) is 28.2. The van der Waals surface area contributed by atoms with E-state index in [4.69, 9.17) is 43.6 Å². The minimum atomic E-state index is -0.716. The molecule has 0 radical (unpaired) electrons. The molecule has 3 heterocycles. The van der Waals surface area contributed by atoms with Gasteiger partial charge in [0.25, 0.3) is 5.91 Å². The van der Waals surface area contributed by atoms with Gasteiger partial charge in [0.1, 0.15) is 11.3 Å². The first-order valence-electron chi connectivity index (χ1n) is 8.98. The third-order valence-electron chi connectivity index (χ3n) is 5.09. The highest BCUT2D eigenvalue weighted by Gasteiger charge is 2.43. The molecule has 1 aliphatic heterocycles. The molecule has 0 N–H and O–H groups in total. The Bertz CT molecular complexity index is 1360. The Hall–Kier alpha value is -2.73. The molecule has 0 fully saturated rings. The molecule has 1 atom stereocenters. The Morgan fingerprint density at radius 1 is 0.967 bits per heavy atom. The number of rotatable bonds is 3. The first-order valence-corrected chi connectivity index (χ1v) is 10.1. The second-order valence-corrected chi connectivity index (χ2v) is 8.15. The zero-order valence-electron chi connectivity index (χ0n) is 15.2. The third-order valence-corrected chi connectivity index (χ3v) is 6.07. The first-order chi connectivity index (χ1) is 14.4. The van der Waals surface area contributed by atoms with Crippen molar-refractivity contribution < 1.29 is 13.6 Å². The maximum atomic E-state index is 13.4. The molecule has 8 heteroatoms. The molecule has 4 aromatic rings. The summed E-state index contributed by atoms with van der Waals surface area (Å²) in [6.45, 7) is 0.150. The van der Waals surface area contributed by atoms with E-state index in [1.165, 1.54) is 17.2 Å². The van der Waals surface area contributed by atoms with Crippen LogP contribution >= 0.6 is 34.8 Å². The number of hydrogen-bond acceptors (Lipinski definition) is 4. The molecule has 2 aromatic heterocycles. The number of benzene rings is 2. The predicted molar refractivity (Wildman–Crippen MR) is 114 cm³/mol. The number of amides is 1. The number of furan rings is 1. The van der Waals surface area contributed by atoms with Crippen LogP contribution in [-0.4, -0.2) is 10.8 Å². The Morgan fingerprint density at radius 2 is 1.80 bits per heavy atom. The second kappa shape index (κ2) is 7.20. The van der Waals surface area contributed by atoms with Crippen LogP contribution in [0.1, 0.15) is 33.5 Å². The van der Waals surface area contributed by atoms with Gasteiger partial charge in [-0.2, -0.15) is 0 Å². The Morgan fingerprint density at radius 3 is 2.53 bits per heavy atom. The maximum Gasteiger partial charge on any atom is 0.291 e. The molecule has 0 saturated heterocycles. The Kier molecular flexibility index (Phi) is 4.62. The maximum absolute atomic E-state index is 13.4.